The van der Waals surface area contributed by atoms with Gasteiger partial charge in [0.1, 0.15) is 5.75 Å². The molecule has 0 fully saturated rings. The van der Waals surface area contributed by atoms with Crippen molar-refractivity contribution in [3.8, 4) is 16.9 Å². The van der Waals surface area contributed by atoms with E-state index in [2.05, 4.69) is 6.07 Å². The molecule has 1 unspecified atom stereocenters. The largest absolute Gasteiger partial charge is 0.481 e. The van der Waals surface area contributed by atoms with Crippen LogP contribution in [0.1, 0.15) is 24.0 Å². The minimum Gasteiger partial charge on any atom is -0.481 e. The first-order valence-corrected chi connectivity index (χ1v) is 8.36. The second kappa shape index (κ2) is 6.10. The van der Waals surface area contributed by atoms with Gasteiger partial charge in [0.2, 0.25) is 0 Å². The van der Waals surface area contributed by atoms with Crippen molar-refractivity contribution >= 4 is 5.97 Å². The zero-order chi connectivity index (χ0) is 17.3. The predicted octanol–water partition coefficient (Wildman–Crippen LogP) is 4.85. The summed E-state index contributed by atoms with van der Waals surface area (Å²) in [5.74, 6) is -0.0364. The fourth-order valence-corrected chi connectivity index (χ4v) is 3.63. The number of hydrogen-bond donors (Lipinski definition) is 1. The molecule has 3 heteroatoms. The van der Waals surface area contributed by atoms with E-state index in [-0.39, 0.29) is 6.42 Å². The van der Waals surface area contributed by atoms with Crippen LogP contribution >= 0.6 is 0 Å². The zero-order valence-electron chi connectivity index (χ0n) is 13.7. The van der Waals surface area contributed by atoms with Crippen molar-refractivity contribution in [2.24, 2.45) is 0 Å². The lowest BCUT2D eigenvalue weighted by molar-refractivity contribution is -0.138. The maximum absolute atomic E-state index is 11.3. The number of rotatable bonds is 4. The second-order valence-electron chi connectivity index (χ2n) is 6.23. The molecule has 3 aromatic rings. The van der Waals surface area contributed by atoms with Gasteiger partial charge in [-0.05, 0) is 17.2 Å². The number of carbonyl (C=O) groups is 1. The molecule has 3 nitrogen and oxygen atoms in total. The van der Waals surface area contributed by atoms with Crippen LogP contribution in [0, 0.1) is 0 Å². The monoisotopic (exact) mass is 330 g/mol. The van der Waals surface area contributed by atoms with E-state index in [9.17, 15) is 9.90 Å². The van der Waals surface area contributed by atoms with Crippen LogP contribution in [-0.2, 0) is 10.4 Å². The maximum atomic E-state index is 11.3. The third-order valence-corrected chi connectivity index (χ3v) is 4.75. The molecule has 0 amide bonds. The maximum Gasteiger partial charge on any atom is 0.303 e. The van der Waals surface area contributed by atoms with E-state index in [1.165, 1.54) is 0 Å². The predicted molar refractivity (Wildman–Crippen MR) is 96.6 cm³/mol. The normalized spacial score (nSPS) is 17.9. The van der Waals surface area contributed by atoms with E-state index in [0.717, 1.165) is 28.0 Å². The molecule has 0 radical (unpaired) electrons. The topological polar surface area (TPSA) is 46.5 Å². The molecule has 0 aliphatic carbocycles. The molecule has 0 saturated carbocycles. The number of para-hydroxylation sites is 1. The highest BCUT2D eigenvalue weighted by atomic mass is 16.5. The number of carboxylic acids is 1. The van der Waals surface area contributed by atoms with Crippen LogP contribution in [0.15, 0.2) is 78.9 Å². The van der Waals surface area contributed by atoms with E-state index < -0.39 is 11.6 Å². The lowest BCUT2D eigenvalue weighted by Crippen LogP contribution is -2.38. The van der Waals surface area contributed by atoms with E-state index in [0.29, 0.717) is 6.42 Å². The Morgan fingerprint density at radius 3 is 2.24 bits per heavy atom. The van der Waals surface area contributed by atoms with E-state index in [1.807, 2.05) is 72.8 Å². The van der Waals surface area contributed by atoms with Crippen molar-refractivity contribution < 1.29 is 14.6 Å². The molecule has 0 saturated heterocycles. The molecule has 1 heterocycles. The molecule has 1 atom stereocenters. The van der Waals surface area contributed by atoms with E-state index in [1.54, 1.807) is 0 Å². The molecule has 0 spiro atoms. The molecule has 4 rings (SSSR count). The molecule has 0 aromatic heterocycles. The van der Waals surface area contributed by atoms with Gasteiger partial charge in [0.25, 0.3) is 0 Å². The van der Waals surface area contributed by atoms with Gasteiger partial charge in [0, 0.05) is 24.0 Å². The minimum atomic E-state index is -0.824. The summed E-state index contributed by atoms with van der Waals surface area (Å²) in [7, 11) is 0. The number of aliphatic carboxylic acids is 1. The van der Waals surface area contributed by atoms with Gasteiger partial charge in [-0.2, -0.15) is 0 Å². The fourth-order valence-electron chi connectivity index (χ4n) is 3.63. The fraction of sp³-hybridized carbons (Fsp3) is 0.136. The van der Waals surface area contributed by atoms with Crippen molar-refractivity contribution in [1.29, 1.82) is 0 Å². The molecule has 25 heavy (non-hydrogen) atoms. The Labute approximate surface area is 146 Å². The van der Waals surface area contributed by atoms with Gasteiger partial charge >= 0.3 is 5.97 Å². The Hall–Kier alpha value is -3.07. The first-order valence-electron chi connectivity index (χ1n) is 8.36. The van der Waals surface area contributed by atoms with Gasteiger partial charge in [0.15, 0.2) is 5.60 Å². The SMILES string of the molecule is O=C(O)CCC1(c2ccccc2)Oc2ccccc2-c2ccccc21. The molecule has 1 aliphatic rings. The Morgan fingerprint density at radius 2 is 1.48 bits per heavy atom. The van der Waals surface area contributed by atoms with Crippen LogP contribution < -0.4 is 4.74 Å². The Balaban J connectivity index is 1.97. The molecule has 0 bridgehead atoms. The second-order valence-corrected chi connectivity index (χ2v) is 6.23. The molecule has 1 N–H and O–H groups in total. The van der Waals surface area contributed by atoms with Gasteiger partial charge in [-0.15, -0.1) is 0 Å². The third-order valence-electron chi connectivity index (χ3n) is 4.75. The number of ether oxygens (including phenoxy) is 1. The van der Waals surface area contributed by atoms with Crippen LogP contribution in [-0.4, -0.2) is 11.1 Å². The van der Waals surface area contributed by atoms with Crippen molar-refractivity contribution in [2.45, 2.75) is 18.4 Å². The van der Waals surface area contributed by atoms with E-state index in [4.69, 9.17) is 4.74 Å². The first kappa shape index (κ1) is 15.5. The summed E-state index contributed by atoms with van der Waals surface area (Å²) in [6, 6.07) is 25.9. The molecular formula is C22H18O3. The lowest BCUT2D eigenvalue weighted by atomic mass is 9.77. The summed E-state index contributed by atoms with van der Waals surface area (Å²) in [5, 5.41) is 9.29. The molecular weight excluding hydrogens is 312 g/mol. The summed E-state index contributed by atoms with van der Waals surface area (Å²) in [5.41, 5.74) is 3.32. The standard InChI is InChI=1S/C22H18O3/c23-21(24)14-15-22(16-8-2-1-3-9-16)19-12-6-4-10-17(19)18-11-5-7-13-20(18)25-22/h1-13H,14-15H2,(H,23,24). The van der Waals surface area contributed by atoms with Gasteiger partial charge < -0.3 is 9.84 Å². The van der Waals surface area contributed by atoms with Gasteiger partial charge in [-0.3, -0.25) is 4.79 Å². The van der Waals surface area contributed by atoms with Crippen molar-refractivity contribution in [2.75, 3.05) is 0 Å². The van der Waals surface area contributed by atoms with Gasteiger partial charge in [-0.1, -0.05) is 72.8 Å². The Bertz CT molecular complexity index is 917. The summed E-state index contributed by atoms with van der Waals surface area (Å²) in [4.78, 5) is 11.3. The van der Waals surface area contributed by atoms with Crippen LogP contribution in [0.3, 0.4) is 0 Å². The minimum absolute atomic E-state index is 0.0331. The quantitative estimate of drug-likeness (QED) is 0.743. The van der Waals surface area contributed by atoms with Crippen LogP contribution in [0.4, 0.5) is 0 Å². The van der Waals surface area contributed by atoms with Crippen molar-refractivity contribution in [1.82, 2.24) is 0 Å². The smallest absolute Gasteiger partial charge is 0.303 e. The van der Waals surface area contributed by atoms with Crippen LogP contribution in [0.25, 0.3) is 11.1 Å². The average Bonchev–Trinajstić information content (AvgIpc) is 2.67. The first-order chi connectivity index (χ1) is 12.2. The summed E-state index contributed by atoms with van der Waals surface area (Å²) >= 11 is 0. The number of carboxylic acid groups (broad SMARTS) is 1. The number of fused-ring (bicyclic) bond motifs is 3. The van der Waals surface area contributed by atoms with E-state index >= 15 is 0 Å². The third kappa shape index (κ3) is 2.58. The highest BCUT2D eigenvalue weighted by Crippen LogP contribution is 2.50. The molecule has 124 valence electrons. The van der Waals surface area contributed by atoms with Crippen LogP contribution in [0.2, 0.25) is 0 Å². The highest BCUT2D eigenvalue weighted by molar-refractivity contribution is 5.78. The zero-order valence-corrected chi connectivity index (χ0v) is 13.7. The number of hydrogen-bond acceptors (Lipinski definition) is 2. The van der Waals surface area contributed by atoms with Gasteiger partial charge in [0.05, 0.1) is 0 Å². The Morgan fingerprint density at radius 1 is 0.840 bits per heavy atom. The average molecular weight is 330 g/mol. The number of benzene rings is 3. The van der Waals surface area contributed by atoms with Crippen molar-refractivity contribution in [3.63, 3.8) is 0 Å². The molecule has 1 aliphatic heterocycles. The summed E-state index contributed by atoms with van der Waals surface area (Å²) < 4.78 is 6.52. The Kier molecular flexibility index (Phi) is 3.77. The highest BCUT2D eigenvalue weighted by Gasteiger charge is 2.42. The lowest BCUT2D eigenvalue weighted by Gasteiger charge is -2.40. The summed E-state index contributed by atoms with van der Waals surface area (Å²) in [6.07, 6.45) is 0.406. The van der Waals surface area contributed by atoms with Gasteiger partial charge in [-0.25, -0.2) is 0 Å². The van der Waals surface area contributed by atoms with Crippen LogP contribution in [0.5, 0.6) is 5.75 Å². The summed E-state index contributed by atoms with van der Waals surface area (Å²) in [6.45, 7) is 0. The molecule has 3 aromatic carbocycles. The van der Waals surface area contributed by atoms with Crippen molar-refractivity contribution in [3.05, 3.63) is 90.0 Å².